The number of fused-ring (bicyclic) bond motifs is 1. The summed E-state index contributed by atoms with van der Waals surface area (Å²) in [6.45, 7) is 11.5. The zero-order valence-corrected chi connectivity index (χ0v) is 21.1. The van der Waals surface area contributed by atoms with E-state index < -0.39 is 0 Å². The number of hydrogen-bond donors (Lipinski definition) is 2. The molecule has 114 valence electrons. The Labute approximate surface area is 225 Å². The van der Waals surface area contributed by atoms with E-state index in [-0.39, 0.29) is 109 Å². The Morgan fingerprint density at radius 2 is 2.09 bits per heavy atom. The second-order valence-corrected chi connectivity index (χ2v) is 6.03. The predicted octanol–water partition coefficient (Wildman–Crippen LogP) is -2.06. The molecule has 0 bridgehead atoms. The third-order valence-electron chi connectivity index (χ3n) is 4.20. The van der Waals surface area contributed by atoms with Gasteiger partial charge in [-0.1, -0.05) is 25.5 Å². The summed E-state index contributed by atoms with van der Waals surface area (Å²) in [6, 6.07) is 6.28. The zero-order valence-electron chi connectivity index (χ0n) is 14.9. The molecule has 1 aromatic rings. The largest absolute Gasteiger partial charge is 1.00 e. The monoisotopic (exact) mass is 362 g/mol. The van der Waals surface area contributed by atoms with E-state index in [1.165, 1.54) is 12.1 Å². The van der Waals surface area contributed by atoms with Crippen molar-refractivity contribution in [3.8, 4) is 0 Å². The minimum absolute atomic E-state index is 0. The van der Waals surface area contributed by atoms with Crippen molar-refractivity contribution in [2.75, 3.05) is 30.3 Å². The van der Waals surface area contributed by atoms with Crippen LogP contribution < -0.4 is 113 Å². The molecule has 0 amide bonds. The van der Waals surface area contributed by atoms with Gasteiger partial charge in [0.2, 0.25) is 0 Å². The number of allylic oxidation sites excluding steroid dienone is 2. The molecule has 1 aromatic carbocycles. The fraction of sp³-hybridized carbons (Fsp3) is 0.471. The van der Waals surface area contributed by atoms with Crippen molar-refractivity contribution in [2.45, 2.75) is 26.4 Å². The summed E-state index contributed by atoms with van der Waals surface area (Å²) in [7, 11) is 0. The summed E-state index contributed by atoms with van der Waals surface area (Å²) in [5.41, 5.74) is 4.35. The van der Waals surface area contributed by atoms with Gasteiger partial charge in [-0.25, -0.2) is 0 Å². The zero-order chi connectivity index (χ0) is 14.8. The number of benzene rings is 1. The Hall–Kier alpha value is 1.59. The van der Waals surface area contributed by atoms with Crippen molar-refractivity contribution in [3.05, 3.63) is 42.2 Å². The fourth-order valence-corrected chi connectivity index (χ4v) is 2.95. The van der Waals surface area contributed by atoms with Crippen LogP contribution >= 0.6 is 0 Å². The molecule has 0 spiro atoms. The molecule has 2 N–H and O–H groups in total. The van der Waals surface area contributed by atoms with Gasteiger partial charge >= 0.3 is 103 Å². The first kappa shape index (κ1) is 22.6. The SMILES string of the molecule is [CH2-]C1CCN(CC2Nc3ccc([N-]/C(C)=C/C)cc3N2)C1.[K+].[K+]. The molecule has 3 rings (SSSR count). The van der Waals surface area contributed by atoms with Crippen molar-refractivity contribution in [1.29, 1.82) is 0 Å². The average Bonchev–Trinajstić information content (AvgIpc) is 3.04. The summed E-state index contributed by atoms with van der Waals surface area (Å²) in [5, 5.41) is 11.7. The second kappa shape index (κ2) is 10.7. The van der Waals surface area contributed by atoms with Crippen LogP contribution in [-0.4, -0.2) is 30.7 Å². The number of nitrogens with zero attached hydrogens (tertiary/aromatic N) is 2. The van der Waals surface area contributed by atoms with Gasteiger partial charge < -0.3 is 27.8 Å². The normalized spacial score (nSPS) is 23.2. The molecular weight excluding hydrogens is 338 g/mol. The van der Waals surface area contributed by atoms with Crippen LogP contribution in [0.3, 0.4) is 0 Å². The van der Waals surface area contributed by atoms with E-state index in [2.05, 4.69) is 46.0 Å². The molecule has 0 aliphatic carbocycles. The first-order valence-corrected chi connectivity index (χ1v) is 7.71. The Morgan fingerprint density at radius 1 is 1.35 bits per heavy atom. The minimum atomic E-state index is 0. The van der Waals surface area contributed by atoms with Gasteiger partial charge in [0.05, 0.1) is 11.4 Å². The minimum Gasteiger partial charge on any atom is -0.662 e. The van der Waals surface area contributed by atoms with Crippen LogP contribution in [0.25, 0.3) is 5.32 Å². The Morgan fingerprint density at radius 3 is 2.74 bits per heavy atom. The summed E-state index contributed by atoms with van der Waals surface area (Å²) >= 11 is 0. The number of anilines is 2. The summed E-state index contributed by atoms with van der Waals surface area (Å²) in [6.07, 6.45) is 3.51. The third-order valence-corrected chi connectivity index (χ3v) is 4.20. The van der Waals surface area contributed by atoms with E-state index in [0.717, 1.165) is 36.7 Å². The van der Waals surface area contributed by atoms with Crippen molar-refractivity contribution >= 4 is 17.1 Å². The third kappa shape index (κ3) is 6.36. The molecule has 2 unspecified atom stereocenters. The first-order chi connectivity index (χ1) is 10.1. The molecule has 2 heterocycles. The molecule has 1 fully saturated rings. The Balaban J connectivity index is 0.00000132. The topological polar surface area (TPSA) is 41.4 Å². The van der Waals surface area contributed by atoms with Gasteiger partial charge in [-0.05, 0) is 26.1 Å². The maximum Gasteiger partial charge on any atom is 1.00 e. The van der Waals surface area contributed by atoms with Crippen molar-refractivity contribution in [3.63, 3.8) is 0 Å². The van der Waals surface area contributed by atoms with Gasteiger partial charge in [0.15, 0.2) is 0 Å². The van der Waals surface area contributed by atoms with E-state index in [1.807, 2.05) is 19.9 Å². The van der Waals surface area contributed by atoms with E-state index in [9.17, 15) is 0 Å². The van der Waals surface area contributed by atoms with Gasteiger partial charge in [-0.3, -0.25) is 0 Å². The van der Waals surface area contributed by atoms with Gasteiger partial charge in [0.25, 0.3) is 0 Å². The van der Waals surface area contributed by atoms with Crippen LogP contribution in [0, 0.1) is 12.8 Å². The standard InChI is InChI=1S/C17H24N4.2K/c1-4-13(3)18-14-5-6-15-16(9-14)20-17(19-15)11-21-8-7-12(2)10-21;;/h4-6,9,12,17,19-20H,2,7-8,10-11H2,1,3H3;;/q-2;2*+1/b13-4+;;. The summed E-state index contributed by atoms with van der Waals surface area (Å²) < 4.78 is 0. The molecule has 23 heavy (non-hydrogen) atoms. The van der Waals surface area contributed by atoms with Crippen LogP contribution in [-0.2, 0) is 0 Å². The predicted molar refractivity (Wildman–Crippen MR) is 89.8 cm³/mol. The molecule has 0 saturated carbocycles. The van der Waals surface area contributed by atoms with Gasteiger partial charge in [0, 0.05) is 6.54 Å². The first-order valence-electron chi connectivity index (χ1n) is 7.71. The van der Waals surface area contributed by atoms with Gasteiger partial charge in [-0.15, -0.1) is 11.8 Å². The molecule has 4 nitrogen and oxygen atoms in total. The molecule has 0 aromatic heterocycles. The molecule has 0 radical (unpaired) electrons. The molecule has 2 atom stereocenters. The van der Waals surface area contributed by atoms with Gasteiger partial charge in [0.1, 0.15) is 6.17 Å². The smallest absolute Gasteiger partial charge is 0.662 e. The van der Waals surface area contributed by atoms with E-state index >= 15 is 0 Å². The van der Waals surface area contributed by atoms with Crippen LogP contribution in [0.15, 0.2) is 30.0 Å². The maximum absolute atomic E-state index is 4.57. The second-order valence-electron chi connectivity index (χ2n) is 6.03. The maximum atomic E-state index is 4.57. The Kier molecular flexibility index (Phi) is 10.5. The molecule has 2 aliphatic heterocycles. The quantitative estimate of drug-likeness (QED) is 0.478. The molecule has 6 heteroatoms. The number of rotatable bonds is 4. The summed E-state index contributed by atoms with van der Waals surface area (Å²) in [5.74, 6) is 0.586. The van der Waals surface area contributed by atoms with Crippen LogP contribution in [0.4, 0.5) is 17.1 Å². The molecule has 2 aliphatic rings. The Bertz CT molecular complexity index is 547. The van der Waals surface area contributed by atoms with Crippen molar-refractivity contribution < 1.29 is 103 Å². The van der Waals surface area contributed by atoms with Crippen molar-refractivity contribution in [2.24, 2.45) is 5.92 Å². The van der Waals surface area contributed by atoms with Gasteiger partial charge in [-0.2, -0.15) is 11.6 Å². The molecule has 1 saturated heterocycles. The van der Waals surface area contributed by atoms with Crippen LogP contribution in [0.1, 0.15) is 20.3 Å². The van der Waals surface area contributed by atoms with E-state index in [1.54, 1.807) is 0 Å². The average molecular weight is 363 g/mol. The van der Waals surface area contributed by atoms with Crippen LogP contribution in [0.2, 0.25) is 0 Å². The summed E-state index contributed by atoms with van der Waals surface area (Å²) in [4.78, 5) is 2.48. The van der Waals surface area contributed by atoms with Crippen molar-refractivity contribution in [1.82, 2.24) is 4.90 Å². The number of likely N-dealkylation sites (tertiary alicyclic amines) is 1. The van der Waals surface area contributed by atoms with E-state index in [0.29, 0.717) is 5.92 Å². The molecular formula is C17H24K2N4. The fourth-order valence-electron chi connectivity index (χ4n) is 2.95. The number of nitrogens with one attached hydrogen (secondary N) is 2. The van der Waals surface area contributed by atoms with E-state index in [4.69, 9.17) is 0 Å². The van der Waals surface area contributed by atoms with Crippen LogP contribution in [0.5, 0.6) is 0 Å². The number of hydrogen-bond acceptors (Lipinski definition) is 3.